The number of hydrogen-bond acceptors (Lipinski definition) is 4. The summed E-state index contributed by atoms with van der Waals surface area (Å²) in [5.41, 5.74) is -0.112. The van der Waals surface area contributed by atoms with Crippen molar-refractivity contribution in [2.75, 3.05) is 14.2 Å². The number of hydrogen-bond donors (Lipinski definition) is 1. The van der Waals surface area contributed by atoms with Crippen LogP contribution >= 0.6 is 11.3 Å². The maximum atomic E-state index is 5.40. The van der Waals surface area contributed by atoms with Crippen molar-refractivity contribution in [2.45, 2.75) is 31.9 Å². The summed E-state index contributed by atoms with van der Waals surface area (Å²) in [6.07, 6.45) is 2.76. The van der Waals surface area contributed by atoms with E-state index in [2.05, 4.69) is 24.1 Å². The Kier molecular flexibility index (Phi) is 4.04. The minimum atomic E-state index is -0.112. The quantitative estimate of drug-likeness (QED) is 0.816. The summed E-state index contributed by atoms with van der Waals surface area (Å²) in [6, 6.07) is 0.282. The molecule has 0 spiro atoms. The van der Waals surface area contributed by atoms with E-state index < -0.39 is 0 Å². The van der Waals surface area contributed by atoms with Crippen molar-refractivity contribution in [2.24, 2.45) is 0 Å². The van der Waals surface area contributed by atoms with Crippen molar-refractivity contribution in [3.05, 3.63) is 16.6 Å². The van der Waals surface area contributed by atoms with Crippen LogP contribution in [0.15, 0.2) is 11.6 Å². The van der Waals surface area contributed by atoms with E-state index in [1.54, 1.807) is 18.4 Å². The summed E-state index contributed by atoms with van der Waals surface area (Å²) in [4.78, 5) is 4.31. The van der Waals surface area contributed by atoms with E-state index in [0.29, 0.717) is 0 Å². The van der Waals surface area contributed by atoms with E-state index in [0.717, 1.165) is 11.4 Å². The summed E-state index contributed by atoms with van der Waals surface area (Å²) >= 11 is 1.68. The van der Waals surface area contributed by atoms with Gasteiger partial charge in [0.25, 0.3) is 0 Å². The van der Waals surface area contributed by atoms with Crippen molar-refractivity contribution in [3.8, 4) is 0 Å². The number of ether oxygens (including phenoxy) is 1. The topological polar surface area (TPSA) is 34.1 Å². The smallest absolute Gasteiger partial charge is 0.110 e. The predicted molar refractivity (Wildman–Crippen MR) is 59.6 cm³/mol. The second-order valence-corrected chi connectivity index (χ2v) is 4.81. The molecule has 14 heavy (non-hydrogen) atoms. The molecule has 1 aromatic rings. The molecule has 1 heterocycles. The molecule has 4 heteroatoms. The van der Waals surface area contributed by atoms with Crippen molar-refractivity contribution in [1.82, 2.24) is 10.3 Å². The van der Waals surface area contributed by atoms with Gasteiger partial charge in [0, 0.05) is 18.7 Å². The molecule has 0 amide bonds. The molecule has 1 N–H and O–H groups in total. The Morgan fingerprint density at radius 2 is 2.36 bits per heavy atom. The molecule has 80 valence electrons. The molecule has 0 aromatic carbocycles. The zero-order valence-corrected chi connectivity index (χ0v) is 10.0. The summed E-state index contributed by atoms with van der Waals surface area (Å²) < 4.78 is 5.40. The normalized spacial score (nSPS) is 14.3. The lowest BCUT2D eigenvalue weighted by atomic mass is 9.99. The third kappa shape index (κ3) is 3.04. The Bertz CT molecular complexity index is 259. The Balaban J connectivity index is 2.65. The molecule has 3 nitrogen and oxygen atoms in total. The van der Waals surface area contributed by atoms with Gasteiger partial charge in [-0.05, 0) is 27.3 Å². The molecule has 0 bridgehead atoms. The molecule has 0 saturated carbocycles. The van der Waals surface area contributed by atoms with E-state index >= 15 is 0 Å². The fourth-order valence-corrected chi connectivity index (χ4v) is 2.04. The van der Waals surface area contributed by atoms with Crippen LogP contribution in [-0.4, -0.2) is 24.7 Å². The first-order chi connectivity index (χ1) is 6.59. The third-order valence-corrected chi connectivity index (χ3v) is 3.24. The average Bonchev–Trinajstić information content (AvgIpc) is 2.67. The summed E-state index contributed by atoms with van der Waals surface area (Å²) in [7, 11) is 3.70. The second-order valence-electron chi connectivity index (χ2n) is 3.88. The van der Waals surface area contributed by atoms with Crippen molar-refractivity contribution >= 4 is 11.3 Å². The fourth-order valence-electron chi connectivity index (χ4n) is 1.29. The lowest BCUT2D eigenvalue weighted by Crippen LogP contribution is -2.30. The minimum Gasteiger partial charge on any atom is -0.379 e. The maximum Gasteiger partial charge on any atom is 0.110 e. The minimum absolute atomic E-state index is 0.112. The highest BCUT2D eigenvalue weighted by Gasteiger charge is 2.24. The summed E-state index contributed by atoms with van der Waals surface area (Å²) in [5.74, 6) is 0. The molecular formula is C10H18N2OS. The van der Waals surface area contributed by atoms with Crippen LogP contribution in [0.4, 0.5) is 0 Å². The molecule has 1 atom stereocenters. The Hall–Kier alpha value is -0.450. The van der Waals surface area contributed by atoms with Crippen LogP contribution in [0.5, 0.6) is 0 Å². The molecule has 1 rings (SSSR count). The predicted octanol–water partition coefficient (Wildman–Crippen LogP) is 2.22. The van der Waals surface area contributed by atoms with Crippen LogP contribution in [0.3, 0.4) is 0 Å². The van der Waals surface area contributed by atoms with Crippen LogP contribution < -0.4 is 5.32 Å². The number of nitrogens with one attached hydrogen (secondary N) is 1. The zero-order valence-electron chi connectivity index (χ0n) is 9.20. The van der Waals surface area contributed by atoms with Crippen molar-refractivity contribution in [3.63, 3.8) is 0 Å². The largest absolute Gasteiger partial charge is 0.379 e. The molecule has 0 aliphatic rings. The Morgan fingerprint density at radius 3 is 2.79 bits per heavy atom. The molecule has 0 saturated heterocycles. The summed E-state index contributed by atoms with van der Waals surface area (Å²) in [6.45, 7) is 4.18. The van der Waals surface area contributed by atoms with E-state index in [-0.39, 0.29) is 11.6 Å². The number of methoxy groups -OCH3 is 1. The lowest BCUT2D eigenvalue weighted by Gasteiger charge is -2.27. The molecule has 0 radical (unpaired) electrons. The lowest BCUT2D eigenvalue weighted by molar-refractivity contribution is 0.00743. The van der Waals surface area contributed by atoms with Gasteiger partial charge in [-0.15, -0.1) is 11.3 Å². The molecule has 1 unspecified atom stereocenters. The fraction of sp³-hybridized carbons (Fsp3) is 0.700. The van der Waals surface area contributed by atoms with E-state index in [1.807, 2.05) is 18.6 Å². The van der Waals surface area contributed by atoms with Gasteiger partial charge in [0.2, 0.25) is 0 Å². The van der Waals surface area contributed by atoms with Gasteiger partial charge in [0.1, 0.15) is 5.01 Å². The molecule has 1 aromatic heterocycles. The number of rotatable bonds is 5. The highest BCUT2D eigenvalue weighted by atomic mass is 32.1. The Morgan fingerprint density at radius 1 is 1.64 bits per heavy atom. The van der Waals surface area contributed by atoms with Crippen LogP contribution in [-0.2, 0) is 4.74 Å². The van der Waals surface area contributed by atoms with E-state index in [4.69, 9.17) is 4.74 Å². The van der Waals surface area contributed by atoms with Crippen LogP contribution in [0.25, 0.3) is 0 Å². The van der Waals surface area contributed by atoms with Gasteiger partial charge in [-0.3, -0.25) is 0 Å². The van der Waals surface area contributed by atoms with Gasteiger partial charge in [-0.1, -0.05) is 0 Å². The molecule has 0 aliphatic carbocycles. The number of nitrogens with zero attached hydrogens (tertiary/aromatic N) is 1. The highest BCUT2D eigenvalue weighted by molar-refractivity contribution is 7.09. The van der Waals surface area contributed by atoms with Crippen LogP contribution in [0, 0.1) is 0 Å². The number of thiazole rings is 1. The SMILES string of the molecule is CNC(CC(C)(C)OC)c1nccs1. The van der Waals surface area contributed by atoms with Crippen LogP contribution in [0.1, 0.15) is 31.3 Å². The standard InChI is InChI=1S/C10H18N2OS/c1-10(2,13-4)7-8(11-3)9-12-5-6-14-9/h5-6,8,11H,7H2,1-4H3. The van der Waals surface area contributed by atoms with Crippen molar-refractivity contribution < 1.29 is 4.74 Å². The van der Waals surface area contributed by atoms with Gasteiger partial charge in [-0.2, -0.15) is 0 Å². The van der Waals surface area contributed by atoms with Crippen LogP contribution in [0.2, 0.25) is 0 Å². The number of aromatic nitrogens is 1. The first-order valence-corrected chi connectivity index (χ1v) is 5.59. The second kappa shape index (κ2) is 4.87. The monoisotopic (exact) mass is 214 g/mol. The van der Waals surface area contributed by atoms with E-state index in [9.17, 15) is 0 Å². The molecule has 0 aliphatic heterocycles. The Labute approximate surface area is 89.5 Å². The van der Waals surface area contributed by atoms with Gasteiger partial charge in [0.05, 0.1) is 11.6 Å². The first-order valence-electron chi connectivity index (χ1n) is 4.71. The molecular weight excluding hydrogens is 196 g/mol. The zero-order chi connectivity index (χ0) is 10.6. The van der Waals surface area contributed by atoms with Gasteiger partial charge in [0.15, 0.2) is 0 Å². The van der Waals surface area contributed by atoms with Gasteiger partial charge < -0.3 is 10.1 Å². The van der Waals surface area contributed by atoms with Gasteiger partial charge in [-0.25, -0.2) is 4.98 Å². The highest BCUT2D eigenvalue weighted by Crippen LogP contribution is 2.26. The summed E-state index contributed by atoms with van der Waals surface area (Å²) in [5, 5.41) is 6.39. The van der Waals surface area contributed by atoms with E-state index in [1.165, 1.54) is 0 Å². The van der Waals surface area contributed by atoms with Gasteiger partial charge >= 0.3 is 0 Å². The average molecular weight is 214 g/mol. The maximum absolute atomic E-state index is 5.40. The first kappa shape index (κ1) is 11.6. The van der Waals surface area contributed by atoms with Crippen molar-refractivity contribution in [1.29, 1.82) is 0 Å². The molecule has 0 fully saturated rings. The third-order valence-electron chi connectivity index (χ3n) is 2.35.